The van der Waals surface area contributed by atoms with Crippen LogP contribution >= 0.6 is 11.3 Å². The molecule has 2 amide bonds. The Morgan fingerprint density at radius 3 is 2.49 bits per heavy atom. The summed E-state index contributed by atoms with van der Waals surface area (Å²) in [5.74, 6) is 1.63. The van der Waals surface area contributed by atoms with Crippen molar-refractivity contribution in [3.05, 3.63) is 93.8 Å². The minimum Gasteiger partial charge on any atom is -0.382 e. The fourth-order valence-electron chi connectivity index (χ4n) is 6.58. The monoisotopic (exact) mass is 629 g/mol. The molecule has 3 heterocycles. The molecule has 10 heteroatoms. The number of thiophene rings is 1. The number of nitrogens with one attached hydrogen (secondary N) is 1. The van der Waals surface area contributed by atoms with Gasteiger partial charge in [-0.1, -0.05) is 48.5 Å². The molecule has 0 radical (unpaired) electrons. The van der Waals surface area contributed by atoms with Crippen molar-refractivity contribution in [2.75, 3.05) is 51.3 Å². The predicted octanol–water partition coefficient (Wildman–Crippen LogP) is 3.41. The minimum atomic E-state index is -0.543. The molecule has 3 N–H and O–H groups in total. The molecule has 2 aliphatic heterocycles. The number of likely N-dealkylation sites (tertiary alicyclic amines) is 1. The summed E-state index contributed by atoms with van der Waals surface area (Å²) in [5.41, 5.74) is 9.03. The van der Waals surface area contributed by atoms with E-state index in [1.54, 1.807) is 23.3 Å². The van der Waals surface area contributed by atoms with E-state index in [0.717, 1.165) is 55.7 Å². The maximum absolute atomic E-state index is 14.0. The first kappa shape index (κ1) is 32.6. The summed E-state index contributed by atoms with van der Waals surface area (Å²) in [6, 6.07) is 21.3. The van der Waals surface area contributed by atoms with Crippen molar-refractivity contribution in [1.82, 2.24) is 15.1 Å². The van der Waals surface area contributed by atoms with Crippen molar-refractivity contribution < 1.29 is 19.1 Å². The summed E-state index contributed by atoms with van der Waals surface area (Å²) < 4.78 is 5.75. The van der Waals surface area contributed by atoms with Gasteiger partial charge in [0.25, 0.3) is 0 Å². The zero-order valence-electron chi connectivity index (χ0n) is 26.0. The van der Waals surface area contributed by atoms with Gasteiger partial charge in [-0.05, 0) is 60.4 Å². The lowest BCUT2D eigenvalue weighted by Gasteiger charge is -2.48. The van der Waals surface area contributed by atoms with E-state index in [-0.39, 0.29) is 37.0 Å². The highest BCUT2D eigenvalue weighted by atomic mass is 32.1. The molecule has 1 fully saturated rings. The second kappa shape index (κ2) is 15.5. The molecule has 9 nitrogen and oxygen atoms in total. The molecular formula is C35H43N5O4S. The normalized spacial score (nSPS) is 18.0. The summed E-state index contributed by atoms with van der Waals surface area (Å²) in [6.45, 7) is 3.68. The van der Waals surface area contributed by atoms with Crippen LogP contribution in [0.3, 0.4) is 0 Å². The topological polar surface area (TPSA) is 108 Å². The van der Waals surface area contributed by atoms with Crippen LogP contribution in [-0.4, -0.2) is 85.6 Å². The number of rotatable bonds is 12. The lowest BCUT2D eigenvalue weighted by Crippen LogP contribution is -2.60. The Kier molecular flexibility index (Phi) is 11.2. The number of nitrogens with two attached hydrogens (primary N) is 1. The summed E-state index contributed by atoms with van der Waals surface area (Å²) in [4.78, 5) is 46.4. The van der Waals surface area contributed by atoms with Gasteiger partial charge < -0.3 is 30.5 Å². The van der Waals surface area contributed by atoms with Crippen LogP contribution in [0.15, 0.2) is 77.8 Å². The lowest BCUT2D eigenvalue weighted by atomic mass is 9.85. The Morgan fingerprint density at radius 1 is 1.07 bits per heavy atom. The van der Waals surface area contributed by atoms with Crippen molar-refractivity contribution in [3.63, 3.8) is 0 Å². The van der Waals surface area contributed by atoms with Gasteiger partial charge in [0.1, 0.15) is 11.6 Å². The molecule has 5 rings (SSSR count). The molecule has 1 aromatic heterocycles. The number of nitrogens with zero attached hydrogens (tertiary/aromatic N) is 3. The number of carbonyl (C=O) groups is 2. The van der Waals surface area contributed by atoms with Gasteiger partial charge in [0, 0.05) is 56.8 Å². The highest BCUT2D eigenvalue weighted by molar-refractivity contribution is 7.09. The Hall–Kier alpha value is -3.79. The molecule has 0 unspecified atom stereocenters. The van der Waals surface area contributed by atoms with E-state index in [4.69, 9.17) is 10.5 Å². The van der Waals surface area contributed by atoms with Crippen molar-refractivity contribution >= 4 is 34.8 Å². The zero-order chi connectivity index (χ0) is 31.6. The maximum Gasteiger partial charge on any atom is 0.239 e. The first-order valence-electron chi connectivity index (χ1n) is 15.6. The van der Waals surface area contributed by atoms with E-state index in [1.165, 1.54) is 4.88 Å². The highest BCUT2D eigenvalue weighted by Crippen LogP contribution is 2.35. The molecule has 3 aromatic rings. The van der Waals surface area contributed by atoms with Crippen LogP contribution in [0.25, 0.3) is 0 Å². The fraction of sp³-hybridized carbons (Fsp3) is 0.429. The quantitative estimate of drug-likeness (QED) is 0.296. The molecule has 0 aliphatic carbocycles. The highest BCUT2D eigenvalue weighted by Gasteiger charge is 2.43. The fourth-order valence-corrected chi connectivity index (χ4v) is 7.28. The molecule has 45 heavy (non-hydrogen) atoms. The Labute approximate surface area is 269 Å². The van der Waals surface area contributed by atoms with E-state index in [0.29, 0.717) is 19.6 Å². The second-order valence-corrected chi connectivity index (χ2v) is 12.9. The summed E-state index contributed by atoms with van der Waals surface area (Å²) in [7, 11) is 1.69. The van der Waals surface area contributed by atoms with E-state index < -0.39 is 11.6 Å². The van der Waals surface area contributed by atoms with Crippen LogP contribution in [-0.2, 0) is 38.5 Å². The van der Waals surface area contributed by atoms with Gasteiger partial charge in [0.15, 0.2) is 0 Å². The summed E-state index contributed by atoms with van der Waals surface area (Å²) in [5, 5.41) is 5.02. The molecule has 238 valence electrons. The molecule has 0 spiro atoms. The standard InChI is InChI=1S/C35H43N5O4S/c1-44-26-35(15-19-38(20-16-35)18-14-30-12-7-21-45-30)40(29-10-3-2-4-11-29)34(43)13-17-37-33(42)24-39-23-28-9-6-5-8-27(28)22-31(36)32(39)25-41/h2-12,21,31H,13-20,22-24,26,36H2,1H3,(H,37,42)/t31-/m0/s1. The molecule has 2 aromatic carbocycles. The van der Waals surface area contributed by atoms with E-state index >= 15 is 0 Å². The Bertz CT molecular complexity index is 1470. The number of hydrogen-bond acceptors (Lipinski definition) is 8. The summed E-state index contributed by atoms with van der Waals surface area (Å²) in [6.07, 6.45) is 3.24. The third-order valence-corrected chi connectivity index (χ3v) is 9.84. The largest absolute Gasteiger partial charge is 0.382 e. The van der Waals surface area contributed by atoms with Gasteiger partial charge in [-0.3, -0.25) is 9.59 Å². The van der Waals surface area contributed by atoms with Gasteiger partial charge in [0.2, 0.25) is 11.8 Å². The summed E-state index contributed by atoms with van der Waals surface area (Å²) >= 11 is 1.79. The third kappa shape index (κ3) is 8.09. The average Bonchev–Trinajstić information content (AvgIpc) is 3.52. The van der Waals surface area contributed by atoms with Crippen LogP contribution in [0.4, 0.5) is 5.69 Å². The van der Waals surface area contributed by atoms with Crippen LogP contribution in [0.5, 0.6) is 0 Å². The average molecular weight is 630 g/mol. The number of benzene rings is 2. The molecule has 0 saturated carbocycles. The molecular weight excluding hydrogens is 586 g/mol. The lowest BCUT2D eigenvalue weighted by molar-refractivity contribution is -0.122. The van der Waals surface area contributed by atoms with Gasteiger partial charge in [-0.15, -0.1) is 11.3 Å². The van der Waals surface area contributed by atoms with Crippen LogP contribution < -0.4 is 16.0 Å². The second-order valence-electron chi connectivity index (χ2n) is 11.9. The molecule has 1 saturated heterocycles. The molecule has 0 bridgehead atoms. The van der Waals surface area contributed by atoms with Crippen molar-refractivity contribution in [2.45, 2.75) is 50.2 Å². The minimum absolute atomic E-state index is 0.0435. The van der Waals surface area contributed by atoms with E-state index in [9.17, 15) is 14.4 Å². The molecule has 2 aliphatic rings. The van der Waals surface area contributed by atoms with Crippen molar-refractivity contribution in [3.8, 4) is 0 Å². The van der Waals surface area contributed by atoms with Crippen molar-refractivity contribution in [2.24, 2.45) is 5.73 Å². The van der Waals surface area contributed by atoms with Gasteiger partial charge in [-0.25, -0.2) is 4.79 Å². The zero-order valence-corrected chi connectivity index (χ0v) is 26.8. The third-order valence-electron chi connectivity index (χ3n) is 8.90. The van der Waals surface area contributed by atoms with E-state index in [2.05, 4.69) is 27.7 Å². The Balaban J connectivity index is 1.22. The van der Waals surface area contributed by atoms with Gasteiger partial charge in [-0.2, -0.15) is 0 Å². The van der Waals surface area contributed by atoms with Crippen LogP contribution in [0, 0.1) is 0 Å². The number of fused-ring (bicyclic) bond motifs is 1. The van der Waals surface area contributed by atoms with E-state index in [1.807, 2.05) is 65.4 Å². The SMILES string of the molecule is COCC1(N(C(=O)CCNC(=O)CN2Cc3ccccc3C[C@H](N)C2=C=O)c2ccccc2)CCN(CCc2cccs2)CC1. The van der Waals surface area contributed by atoms with Crippen LogP contribution in [0.1, 0.15) is 35.3 Å². The number of para-hydroxylation sites is 1. The van der Waals surface area contributed by atoms with Crippen LogP contribution in [0.2, 0.25) is 0 Å². The van der Waals surface area contributed by atoms with Crippen molar-refractivity contribution in [1.29, 1.82) is 0 Å². The number of piperidine rings is 1. The number of hydrogen-bond donors (Lipinski definition) is 2. The number of carbonyl (C=O) groups excluding carboxylic acids is 3. The maximum atomic E-state index is 14.0. The number of amides is 2. The molecule has 1 atom stereocenters. The first-order chi connectivity index (χ1) is 21.9. The number of ether oxygens (including phenoxy) is 1. The number of methoxy groups -OCH3 is 1. The van der Waals surface area contributed by atoms with Gasteiger partial charge in [0.05, 0.1) is 24.7 Å². The smallest absolute Gasteiger partial charge is 0.239 e. The number of anilines is 1. The predicted molar refractivity (Wildman–Crippen MR) is 178 cm³/mol. The van der Waals surface area contributed by atoms with Gasteiger partial charge >= 0.3 is 0 Å². The first-order valence-corrected chi connectivity index (χ1v) is 16.5. The Morgan fingerprint density at radius 2 is 1.80 bits per heavy atom.